The Balaban J connectivity index is 1.87. The number of halogens is 1. The predicted molar refractivity (Wildman–Crippen MR) is 86.9 cm³/mol. The number of aromatic nitrogens is 4. The highest BCUT2D eigenvalue weighted by Crippen LogP contribution is 2.34. The first kappa shape index (κ1) is 14.2. The number of hydrogen-bond donors (Lipinski definition) is 3. The summed E-state index contributed by atoms with van der Waals surface area (Å²) in [7, 11) is 0. The third-order valence-corrected chi connectivity index (χ3v) is 4.13. The lowest BCUT2D eigenvalue weighted by atomic mass is 10.1. The predicted octanol–water partition coefficient (Wildman–Crippen LogP) is 1.71. The molecule has 0 unspecified atom stereocenters. The number of nitrogens with zero attached hydrogens (tertiary/aromatic N) is 2. The maximum absolute atomic E-state index is 11.3. The van der Waals surface area contributed by atoms with Crippen LogP contribution in [0.15, 0.2) is 29.1 Å². The fraction of sp³-hybridized carbons (Fsp3) is 0.267. The first-order chi connectivity index (χ1) is 11.2. The lowest BCUT2D eigenvalue weighted by Crippen LogP contribution is -2.20. The first-order valence-corrected chi connectivity index (χ1v) is 7.70. The Kier molecular flexibility index (Phi) is 3.51. The van der Waals surface area contributed by atoms with E-state index in [1.165, 1.54) is 0 Å². The van der Waals surface area contributed by atoms with Gasteiger partial charge in [0.05, 0.1) is 10.4 Å². The quantitative estimate of drug-likeness (QED) is 0.679. The van der Waals surface area contributed by atoms with Crippen molar-refractivity contribution in [2.75, 3.05) is 13.1 Å². The lowest BCUT2D eigenvalue weighted by molar-refractivity contribution is 0.217. The first-order valence-electron chi connectivity index (χ1n) is 7.32. The Bertz CT molecular complexity index is 914. The molecular formula is C15H14ClN5O2. The molecule has 1 fully saturated rings. The highest BCUT2D eigenvalue weighted by atomic mass is 35.5. The Morgan fingerprint density at radius 2 is 2.26 bits per heavy atom. The van der Waals surface area contributed by atoms with Gasteiger partial charge in [-0.1, -0.05) is 23.7 Å². The number of hydrogen-bond acceptors (Lipinski definition) is 5. The van der Waals surface area contributed by atoms with E-state index in [-0.39, 0.29) is 11.8 Å². The molecule has 8 heteroatoms. The summed E-state index contributed by atoms with van der Waals surface area (Å²) in [6.07, 6.45) is 0.965. The summed E-state index contributed by atoms with van der Waals surface area (Å²) in [6, 6.07) is 7.42. The Hall–Kier alpha value is -2.38. The Morgan fingerprint density at radius 3 is 3.00 bits per heavy atom. The maximum atomic E-state index is 11.3. The van der Waals surface area contributed by atoms with Crippen LogP contribution in [0.1, 0.15) is 6.42 Å². The van der Waals surface area contributed by atoms with Crippen molar-refractivity contribution in [3.05, 3.63) is 39.8 Å². The van der Waals surface area contributed by atoms with Crippen LogP contribution in [0.2, 0.25) is 5.02 Å². The number of H-pyrrole nitrogens is 2. The van der Waals surface area contributed by atoms with E-state index in [2.05, 4.69) is 25.5 Å². The van der Waals surface area contributed by atoms with Crippen LogP contribution in [-0.2, 0) is 0 Å². The SMILES string of the molecule is O=c1[nH]nc(-c2cc3cccc(Cl)c3c(O[C@H]3CCNC3)n2)[nH]1. The summed E-state index contributed by atoms with van der Waals surface area (Å²) in [4.78, 5) is 18.4. The largest absolute Gasteiger partial charge is 0.472 e. The van der Waals surface area contributed by atoms with Crippen molar-refractivity contribution in [1.82, 2.24) is 25.5 Å². The van der Waals surface area contributed by atoms with Crippen LogP contribution in [0.5, 0.6) is 5.88 Å². The van der Waals surface area contributed by atoms with Crippen LogP contribution in [0, 0.1) is 0 Å². The zero-order chi connectivity index (χ0) is 15.8. The van der Waals surface area contributed by atoms with E-state index >= 15 is 0 Å². The summed E-state index contributed by atoms with van der Waals surface area (Å²) in [6.45, 7) is 1.69. The fourth-order valence-corrected chi connectivity index (χ4v) is 2.98. The van der Waals surface area contributed by atoms with Gasteiger partial charge in [-0.25, -0.2) is 14.9 Å². The van der Waals surface area contributed by atoms with Gasteiger partial charge in [-0.2, -0.15) is 5.10 Å². The molecule has 3 N–H and O–H groups in total. The second kappa shape index (κ2) is 5.68. The van der Waals surface area contributed by atoms with E-state index in [0.29, 0.717) is 22.4 Å². The van der Waals surface area contributed by atoms with E-state index in [4.69, 9.17) is 16.3 Å². The average molecular weight is 332 g/mol. The second-order valence-electron chi connectivity index (χ2n) is 5.41. The van der Waals surface area contributed by atoms with Crippen molar-refractivity contribution in [3.8, 4) is 17.4 Å². The average Bonchev–Trinajstić information content (AvgIpc) is 3.19. The molecule has 1 aromatic carbocycles. The molecule has 1 saturated heterocycles. The van der Waals surface area contributed by atoms with E-state index in [1.807, 2.05) is 18.2 Å². The number of aromatic amines is 2. The molecule has 4 rings (SSSR count). The lowest BCUT2D eigenvalue weighted by Gasteiger charge is -2.15. The number of nitrogens with one attached hydrogen (secondary N) is 3. The number of rotatable bonds is 3. The summed E-state index contributed by atoms with van der Waals surface area (Å²) in [5.74, 6) is 0.826. The summed E-state index contributed by atoms with van der Waals surface area (Å²) in [5, 5.41) is 11.8. The molecule has 0 spiro atoms. The van der Waals surface area contributed by atoms with E-state index in [0.717, 1.165) is 30.3 Å². The Labute approximate surface area is 136 Å². The van der Waals surface area contributed by atoms with Gasteiger partial charge < -0.3 is 10.1 Å². The van der Waals surface area contributed by atoms with E-state index < -0.39 is 0 Å². The van der Waals surface area contributed by atoms with Gasteiger partial charge in [-0.05, 0) is 30.5 Å². The summed E-state index contributed by atoms with van der Waals surface area (Å²) >= 11 is 6.33. The zero-order valence-corrected chi connectivity index (χ0v) is 12.9. The van der Waals surface area contributed by atoms with Crippen molar-refractivity contribution >= 4 is 22.4 Å². The smallest absolute Gasteiger partial charge is 0.340 e. The molecule has 0 radical (unpaired) electrons. The normalized spacial score (nSPS) is 17.7. The molecule has 1 aliphatic rings. The summed E-state index contributed by atoms with van der Waals surface area (Å²) < 4.78 is 6.05. The Morgan fingerprint density at radius 1 is 1.35 bits per heavy atom. The topological polar surface area (TPSA) is 95.7 Å². The molecule has 0 aliphatic carbocycles. The molecule has 0 saturated carbocycles. The highest BCUT2D eigenvalue weighted by Gasteiger charge is 2.20. The van der Waals surface area contributed by atoms with Gasteiger partial charge >= 0.3 is 5.69 Å². The molecule has 7 nitrogen and oxygen atoms in total. The molecule has 0 amide bonds. The minimum absolute atomic E-state index is 0.0513. The molecule has 23 heavy (non-hydrogen) atoms. The van der Waals surface area contributed by atoms with Crippen LogP contribution < -0.4 is 15.7 Å². The molecule has 3 heterocycles. The van der Waals surface area contributed by atoms with Crippen molar-refractivity contribution in [2.45, 2.75) is 12.5 Å². The van der Waals surface area contributed by atoms with Crippen molar-refractivity contribution in [2.24, 2.45) is 0 Å². The highest BCUT2D eigenvalue weighted by molar-refractivity contribution is 6.36. The third-order valence-electron chi connectivity index (χ3n) is 3.81. The van der Waals surface area contributed by atoms with Gasteiger partial charge in [0.2, 0.25) is 5.88 Å². The molecule has 118 valence electrons. The second-order valence-corrected chi connectivity index (χ2v) is 5.82. The third kappa shape index (κ3) is 2.69. The molecule has 2 aromatic heterocycles. The standard InChI is InChI=1S/C15H14ClN5O2/c16-10-3-1-2-8-6-11(13-19-15(22)21-20-13)18-14(12(8)10)23-9-4-5-17-7-9/h1-3,6,9,17H,4-5,7H2,(H2,19,20,21,22)/t9-/m0/s1. The minimum Gasteiger partial charge on any atom is -0.472 e. The van der Waals surface area contributed by atoms with Crippen LogP contribution in [0.3, 0.4) is 0 Å². The van der Waals surface area contributed by atoms with Gasteiger partial charge in [0.1, 0.15) is 11.8 Å². The van der Waals surface area contributed by atoms with Gasteiger partial charge in [0, 0.05) is 6.54 Å². The monoisotopic (exact) mass is 331 g/mol. The molecule has 3 aromatic rings. The molecule has 1 aliphatic heterocycles. The number of ether oxygens (including phenoxy) is 1. The fourth-order valence-electron chi connectivity index (χ4n) is 2.72. The summed E-state index contributed by atoms with van der Waals surface area (Å²) in [5.41, 5.74) is 0.148. The van der Waals surface area contributed by atoms with Crippen LogP contribution in [-0.4, -0.2) is 39.4 Å². The number of fused-ring (bicyclic) bond motifs is 1. The minimum atomic E-state index is -0.379. The van der Waals surface area contributed by atoms with Crippen molar-refractivity contribution < 1.29 is 4.74 Å². The number of pyridine rings is 1. The molecule has 1 atom stereocenters. The van der Waals surface area contributed by atoms with Crippen molar-refractivity contribution in [1.29, 1.82) is 0 Å². The van der Waals surface area contributed by atoms with Gasteiger partial charge in [-0.3, -0.25) is 4.98 Å². The van der Waals surface area contributed by atoms with Crippen molar-refractivity contribution in [3.63, 3.8) is 0 Å². The van der Waals surface area contributed by atoms with Crippen LogP contribution >= 0.6 is 11.6 Å². The van der Waals surface area contributed by atoms with E-state index in [1.54, 1.807) is 6.07 Å². The number of benzene rings is 1. The van der Waals surface area contributed by atoms with E-state index in [9.17, 15) is 4.79 Å². The van der Waals surface area contributed by atoms with Crippen LogP contribution in [0.25, 0.3) is 22.3 Å². The zero-order valence-electron chi connectivity index (χ0n) is 12.1. The molecular weight excluding hydrogens is 318 g/mol. The van der Waals surface area contributed by atoms with Gasteiger partial charge in [0.25, 0.3) is 0 Å². The van der Waals surface area contributed by atoms with Gasteiger partial charge in [0.15, 0.2) is 5.82 Å². The molecule has 0 bridgehead atoms. The van der Waals surface area contributed by atoms with Crippen LogP contribution in [0.4, 0.5) is 0 Å². The maximum Gasteiger partial charge on any atom is 0.340 e. The van der Waals surface area contributed by atoms with Gasteiger partial charge in [-0.15, -0.1) is 0 Å².